The van der Waals surface area contributed by atoms with Gasteiger partial charge in [-0.15, -0.1) is 5.10 Å². The zero-order valence-corrected chi connectivity index (χ0v) is 19.3. The number of nitrogens with zero attached hydrogens (tertiary/aromatic N) is 5. The minimum atomic E-state index is -3.56. The van der Waals surface area contributed by atoms with Gasteiger partial charge >= 0.3 is 0 Å². The van der Waals surface area contributed by atoms with Crippen LogP contribution < -0.4 is 10.2 Å². The summed E-state index contributed by atoms with van der Waals surface area (Å²) in [6, 6.07) is 12.1. The average Bonchev–Trinajstić information content (AvgIpc) is 3.56. The lowest BCUT2D eigenvalue weighted by molar-refractivity contribution is -0.108. The first kappa shape index (κ1) is 22.5. The first-order chi connectivity index (χ1) is 15.4. The maximum Gasteiger partial charge on any atom is 0.243 e. The zero-order valence-electron chi connectivity index (χ0n) is 17.7. The molecule has 1 saturated heterocycles. The molecule has 9 nitrogen and oxygen atoms in total. The Morgan fingerprint density at radius 2 is 1.81 bits per heavy atom. The number of halogens is 1. The fourth-order valence-corrected chi connectivity index (χ4v) is 5.13. The lowest BCUT2D eigenvalue weighted by Gasteiger charge is -2.35. The van der Waals surface area contributed by atoms with E-state index in [1.165, 1.54) is 10.4 Å². The van der Waals surface area contributed by atoms with Gasteiger partial charge in [-0.2, -0.15) is 13.8 Å². The van der Waals surface area contributed by atoms with Crippen molar-refractivity contribution in [2.45, 2.75) is 17.7 Å². The molecule has 0 bridgehead atoms. The number of piperazine rings is 1. The van der Waals surface area contributed by atoms with Gasteiger partial charge in [-0.25, -0.2) is 8.42 Å². The van der Waals surface area contributed by atoms with E-state index >= 15 is 0 Å². The summed E-state index contributed by atoms with van der Waals surface area (Å²) < 4.78 is 29.0. The summed E-state index contributed by atoms with van der Waals surface area (Å²) in [7, 11) is -1.78. The van der Waals surface area contributed by atoms with Crippen LogP contribution in [0, 0.1) is 5.92 Å². The molecule has 1 N–H and O–H groups in total. The average molecular weight is 477 g/mol. The van der Waals surface area contributed by atoms with Crippen molar-refractivity contribution in [1.82, 2.24) is 18.9 Å². The molecule has 1 saturated carbocycles. The van der Waals surface area contributed by atoms with Gasteiger partial charge in [-0.3, -0.25) is 0 Å². The minimum absolute atomic E-state index is 0.223. The van der Waals surface area contributed by atoms with Crippen LogP contribution in [-0.4, -0.2) is 66.8 Å². The largest absolute Gasteiger partial charge is 0.356 e. The number of carbonyl (C=O) groups excluding carboxylic acids is 1. The van der Waals surface area contributed by atoms with Gasteiger partial charge in [0, 0.05) is 44.2 Å². The zero-order chi connectivity index (χ0) is 22.7. The van der Waals surface area contributed by atoms with Crippen molar-refractivity contribution in [3.63, 3.8) is 0 Å². The third-order valence-electron chi connectivity index (χ3n) is 5.37. The van der Waals surface area contributed by atoms with Gasteiger partial charge in [0.1, 0.15) is 12.1 Å². The van der Waals surface area contributed by atoms with Crippen molar-refractivity contribution in [2.75, 3.05) is 43.4 Å². The number of hydrogen-bond acceptors (Lipinski definition) is 7. The summed E-state index contributed by atoms with van der Waals surface area (Å²) in [5.41, 5.74) is 0.742. The summed E-state index contributed by atoms with van der Waals surface area (Å²) in [4.78, 5) is 16.3. The Balaban J connectivity index is 0.000000433. The van der Waals surface area contributed by atoms with Crippen molar-refractivity contribution in [3.8, 4) is 0 Å². The molecule has 0 atom stereocenters. The van der Waals surface area contributed by atoms with E-state index in [1.54, 1.807) is 29.8 Å². The number of nitrogens with one attached hydrogen (secondary N) is 1. The van der Waals surface area contributed by atoms with E-state index < -0.39 is 10.0 Å². The van der Waals surface area contributed by atoms with Crippen LogP contribution >= 0.6 is 11.6 Å². The molecule has 1 aromatic carbocycles. The van der Waals surface area contributed by atoms with Gasteiger partial charge in [0.05, 0.1) is 4.90 Å². The highest BCUT2D eigenvalue weighted by Gasteiger charge is 2.29. The van der Waals surface area contributed by atoms with E-state index in [9.17, 15) is 13.2 Å². The number of benzene rings is 1. The highest BCUT2D eigenvalue weighted by atomic mass is 35.5. The number of sulfonamides is 1. The van der Waals surface area contributed by atoms with Crippen molar-refractivity contribution < 1.29 is 13.2 Å². The summed E-state index contributed by atoms with van der Waals surface area (Å²) >= 11 is 5.95. The van der Waals surface area contributed by atoms with Gasteiger partial charge in [0.25, 0.3) is 0 Å². The molecule has 0 spiro atoms. The molecular formula is C21H25ClN6O3S. The number of pyridine rings is 1. The van der Waals surface area contributed by atoms with Crippen molar-refractivity contribution in [3.05, 3.63) is 47.5 Å². The van der Waals surface area contributed by atoms with Gasteiger partial charge in [-0.1, -0.05) is 23.7 Å². The van der Waals surface area contributed by atoms with E-state index in [-0.39, 0.29) is 4.90 Å². The Morgan fingerprint density at radius 3 is 2.41 bits per heavy atom. The molecule has 5 rings (SSSR count). The first-order valence-electron chi connectivity index (χ1n) is 10.4. The summed E-state index contributed by atoms with van der Waals surface area (Å²) in [6.45, 7) is 1.90. The van der Waals surface area contributed by atoms with Crippen LogP contribution in [0.1, 0.15) is 12.8 Å². The molecule has 2 aromatic heterocycles. The van der Waals surface area contributed by atoms with Crippen LogP contribution in [0.15, 0.2) is 47.4 Å². The monoisotopic (exact) mass is 476 g/mol. The normalized spacial score (nSPS) is 17.0. The topological polar surface area (TPSA) is 99.9 Å². The predicted molar refractivity (Wildman–Crippen MR) is 124 cm³/mol. The third-order valence-corrected chi connectivity index (χ3v) is 7.50. The number of carbonyl (C=O) groups is 1. The molecule has 170 valence electrons. The van der Waals surface area contributed by atoms with E-state index in [0.29, 0.717) is 43.1 Å². The fourth-order valence-electron chi connectivity index (χ4n) is 3.40. The SMILES string of the molecule is CNc1nc2cccc(N3CCN(S(=O)(=O)c4cccc(Cl)c4)CC3)n2n1.O=CC1CC1. The quantitative estimate of drug-likeness (QED) is 0.565. The Bertz CT molecular complexity index is 1200. The molecule has 3 aromatic rings. The molecular weight excluding hydrogens is 452 g/mol. The Labute approximate surface area is 192 Å². The van der Waals surface area contributed by atoms with E-state index in [0.717, 1.165) is 30.6 Å². The number of fused-ring (bicyclic) bond motifs is 1. The molecule has 0 radical (unpaired) electrons. The number of aromatic nitrogens is 3. The molecule has 3 heterocycles. The highest BCUT2D eigenvalue weighted by Crippen LogP contribution is 2.25. The van der Waals surface area contributed by atoms with Crippen LogP contribution in [0.5, 0.6) is 0 Å². The summed E-state index contributed by atoms with van der Waals surface area (Å²) in [6.07, 6.45) is 3.31. The standard InChI is InChI=1S/C17H19ClN6O2S.C4H6O/c1-19-17-20-15-6-3-7-16(24(15)21-17)22-8-10-23(11-9-22)27(25,26)14-5-2-4-13(18)12-14;5-3-4-1-2-4/h2-7,12H,8-11H2,1H3,(H,19,21);3-4H,1-2H2. The van der Waals surface area contributed by atoms with Crippen molar-refractivity contribution in [2.24, 2.45) is 5.92 Å². The molecule has 0 amide bonds. The lowest BCUT2D eigenvalue weighted by atomic mass is 10.3. The van der Waals surface area contributed by atoms with E-state index in [1.807, 2.05) is 18.2 Å². The fraction of sp³-hybridized carbons (Fsp3) is 0.381. The van der Waals surface area contributed by atoms with Crippen LogP contribution in [-0.2, 0) is 14.8 Å². The predicted octanol–water partition coefficient (Wildman–Crippen LogP) is 2.53. The summed E-state index contributed by atoms with van der Waals surface area (Å²) in [5.74, 6) is 1.89. The van der Waals surface area contributed by atoms with E-state index in [2.05, 4.69) is 20.3 Å². The highest BCUT2D eigenvalue weighted by molar-refractivity contribution is 7.89. The second-order valence-corrected chi connectivity index (χ2v) is 10.0. The molecule has 1 aliphatic heterocycles. The molecule has 0 unspecified atom stereocenters. The smallest absolute Gasteiger partial charge is 0.243 e. The number of anilines is 2. The van der Waals surface area contributed by atoms with Crippen LogP contribution in [0.2, 0.25) is 5.02 Å². The number of aldehydes is 1. The first-order valence-corrected chi connectivity index (χ1v) is 12.2. The molecule has 2 fully saturated rings. The molecule has 1 aliphatic carbocycles. The van der Waals surface area contributed by atoms with Crippen LogP contribution in [0.25, 0.3) is 5.65 Å². The van der Waals surface area contributed by atoms with Gasteiger partial charge in [0.2, 0.25) is 16.0 Å². The maximum atomic E-state index is 12.9. The Kier molecular flexibility index (Phi) is 6.63. The van der Waals surface area contributed by atoms with Gasteiger partial charge in [-0.05, 0) is 43.2 Å². The third kappa shape index (κ3) is 4.87. The molecule has 11 heteroatoms. The number of hydrogen-bond donors (Lipinski definition) is 1. The lowest BCUT2D eigenvalue weighted by Crippen LogP contribution is -2.49. The number of rotatable bonds is 5. The van der Waals surface area contributed by atoms with Crippen molar-refractivity contribution >= 4 is 45.3 Å². The Hall–Kier alpha value is -2.69. The molecule has 2 aliphatic rings. The Morgan fingerprint density at radius 1 is 1.09 bits per heavy atom. The molecule has 32 heavy (non-hydrogen) atoms. The van der Waals surface area contributed by atoms with Gasteiger partial charge < -0.3 is 15.0 Å². The van der Waals surface area contributed by atoms with Crippen molar-refractivity contribution in [1.29, 1.82) is 0 Å². The second kappa shape index (κ2) is 9.43. The maximum absolute atomic E-state index is 12.9. The van der Waals surface area contributed by atoms with Gasteiger partial charge in [0.15, 0.2) is 5.65 Å². The van der Waals surface area contributed by atoms with Crippen LogP contribution in [0.4, 0.5) is 11.8 Å². The second-order valence-electron chi connectivity index (χ2n) is 7.66. The minimum Gasteiger partial charge on any atom is -0.356 e. The summed E-state index contributed by atoms with van der Waals surface area (Å²) in [5, 5.41) is 7.78. The van der Waals surface area contributed by atoms with E-state index in [4.69, 9.17) is 11.6 Å². The van der Waals surface area contributed by atoms with Crippen LogP contribution in [0.3, 0.4) is 0 Å².